The third-order valence-corrected chi connectivity index (χ3v) is 11.3. The van der Waals surface area contributed by atoms with Crippen LogP contribution in [0, 0.1) is 61.2 Å². The summed E-state index contributed by atoms with van der Waals surface area (Å²) in [7, 11) is 0. The van der Waals surface area contributed by atoms with Crippen LogP contribution in [0.4, 0.5) is 17.1 Å². The second-order valence-corrected chi connectivity index (χ2v) is 14.5. The molecular weight excluding hydrogens is 546 g/mol. The normalized spacial score (nSPS) is 31.9. The van der Waals surface area contributed by atoms with Crippen LogP contribution in [0.15, 0.2) is 23.2 Å². The van der Waals surface area contributed by atoms with E-state index in [0.717, 1.165) is 50.5 Å². The summed E-state index contributed by atoms with van der Waals surface area (Å²) < 4.78 is 6.25. The number of esters is 1. The number of hydrogen-bond acceptors (Lipinski definition) is 7. The summed E-state index contributed by atoms with van der Waals surface area (Å²) in [4.78, 5) is 38.5. The van der Waals surface area contributed by atoms with Crippen LogP contribution in [-0.4, -0.2) is 27.6 Å². The van der Waals surface area contributed by atoms with Crippen molar-refractivity contribution in [2.45, 2.75) is 124 Å². The summed E-state index contributed by atoms with van der Waals surface area (Å²) in [5.41, 5.74) is -0.791. The number of ether oxygens (including phenoxy) is 1. The zero-order valence-corrected chi connectivity index (χ0v) is 26.8. The number of aliphatic imine (C=N–C) groups is 1. The molecule has 9 nitrogen and oxygen atoms in total. The highest BCUT2D eigenvalue weighted by Crippen LogP contribution is 2.64. The Morgan fingerprint density at radius 1 is 1.02 bits per heavy atom. The van der Waals surface area contributed by atoms with Crippen molar-refractivity contribution in [3.63, 3.8) is 0 Å². The van der Waals surface area contributed by atoms with Gasteiger partial charge in [-0.2, -0.15) is 0 Å². The van der Waals surface area contributed by atoms with Crippen molar-refractivity contribution >= 4 is 29.2 Å². The summed E-state index contributed by atoms with van der Waals surface area (Å²) in [6.07, 6.45) is 15.0. The van der Waals surface area contributed by atoms with E-state index in [4.69, 9.17) is 4.74 Å². The fourth-order valence-electron chi connectivity index (χ4n) is 9.15. The van der Waals surface area contributed by atoms with E-state index in [1.807, 2.05) is 0 Å². The molecule has 1 aliphatic heterocycles. The molecule has 4 rings (SSSR count). The summed E-state index contributed by atoms with van der Waals surface area (Å²) in [6.45, 7) is 11.7. The number of benzene rings is 1. The molecule has 9 heteroatoms. The third kappa shape index (κ3) is 7.46. The molecule has 0 spiro atoms. The van der Waals surface area contributed by atoms with E-state index in [-0.39, 0.29) is 34.4 Å². The number of carbonyl (C=O) groups excluding carboxylic acids is 1. The van der Waals surface area contributed by atoms with E-state index in [1.165, 1.54) is 44.2 Å². The van der Waals surface area contributed by atoms with Crippen molar-refractivity contribution in [2.75, 3.05) is 0 Å². The first-order valence-corrected chi connectivity index (χ1v) is 16.5. The van der Waals surface area contributed by atoms with Gasteiger partial charge in [0.2, 0.25) is 0 Å². The number of cyclic esters (lactones) is 1. The lowest BCUT2D eigenvalue weighted by Gasteiger charge is -2.54. The van der Waals surface area contributed by atoms with Crippen LogP contribution in [-0.2, 0) is 9.53 Å². The van der Waals surface area contributed by atoms with Gasteiger partial charge < -0.3 is 4.74 Å². The summed E-state index contributed by atoms with van der Waals surface area (Å²) in [6, 6.07) is 3.57. The average Bonchev–Trinajstić information content (AvgIpc) is 3.20. The second-order valence-electron chi connectivity index (χ2n) is 14.5. The van der Waals surface area contributed by atoms with Crippen molar-refractivity contribution < 1.29 is 19.4 Å². The largest absolute Gasteiger partial charge is 0.459 e. The number of nitrogens with zero attached hydrogens (tertiary/aromatic N) is 3. The lowest BCUT2D eigenvalue weighted by Crippen LogP contribution is -2.51. The number of rotatable bonds is 12. The molecule has 3 aliphatic rings. The molecule has 1 aromatic carbocycles. The van der Waals surface area contributed by atoms with Crippen LogP contribution >= 0.6 is 0 Å². The fraction of sp³-hybridized carbons (Fsp3) is 0.765. The minimum absolute atomic E-state index is 0.0813. The number of hydrogen-bond donors (Lipinski definition) is 0. The fourth-order valence-corrected chi connectivity index (χ4v) is 9.15. The first-order chi connectivity index (χ1) is 20.4. The highest BCUT2D eigenvalue weighted by Gasteiger charge is 2.58. The molecule has 1 aromatic rings. The predicted molar refractivity (Wildman–Crippen MR) is 168 cm³/mol. The van der Waals surface area contributed by atoms with Crippen molar-refractivity contribution in [1.82, 2.24) is 0 Å². The Kier molecular flexibility index (Phi) is 10.7. The molecule has 238 valence electrons. The zero-order valence-electron chi connectivity index (χ0n) is 26.8. The van der Waals surface area contributed by atoms with Gasteiger partial charge in [0, 0.05) is 24.6 Å². The molecule has 7 atom stereocenters. The SMILES string of the molecule is CC(C)CCC[C@@H](C)[C@H]1CCC2[C@H](CCC=Nc3ccc([N+](=O)[O-])cc3[N+](=O)[O-])C([C@@]3(C)CCCCC(=O)O3)CC[C@@]21C. The van der Waals surface area contributed by atoms with Crippen LogP contribution in [0.5, 0.6) is 0 Å². The average molecular weight is 598 g/mol. The maximum atomic E-state index is 12.7. The van der Waals surface area contributed by atoms with E-state index in [0.29, 0.717) is 36.5 Å². The van der Waals surface area contributed by atoms with Crippen molar-refractivity contribution in [2.24, 2.45) is 45.9 Å². The van der Waals surface area contributed by atoms with Crippen molar-refractivity contribution in [3.05, 3.63) is 38.4 Å². The molecule has 2 unspecified atom stereocenters. The Bertz CT molecular complexity index is 1200. The molecule has 0 aromatic heterocycles. The second kappa shape index (κ2) is 13.9. The Labute approximate surface area is 256 Å². The molecule has 0 N–H and O–H groups in total. The minimum Gasteiger partial charge on any atom is -0.459 e. The van der Waals surface area contributed by atoms with E-state index in [9.17, 15) is 25.0 Å². The topological polar surface area (TPSA) is 125 Å². The highest BCUT2D eigenvalue weighted by molar-refractivity contribution is 5.71. The van der Waals surface area contributed by atoms with Crippen molar-refractivity contribution in [3.8, 4) is 0 Å². The standard InChI is InChI=1S/C34H51N3O6/c1-23(2)10-8-11-24(3)27-15-16-28-26(12-9-21-35-30-17-14-25(36(39)40)22-31(30)37(41)42)29(18-20-33(27,28)4)34(5)19-7-6-13-32(38)43-34/h14,17,21-24,26-29H,6-13,15-16,18-20H2,1-5H3/t24-,26+,27-,28?,29?,33-,34-/m1/s1. The first-order valence-electron chi connectivity index (χ1n) is 16.5. The number of nitro benzene ring substituents is 2. The van der Waals surface area contributed by atoms with E-state index in [1.54, 1.807) is 6.21 Å². The molecule has 2 aliphatic carbocycles. The van der Waals surface area contributed by atoms with E-state index < -0.39 is 15.4 Å². The van der Waals surface area contributed by atoms with E-state index in [2.05, 4.69) is 39.6 Å². The first kappa shape index (κ1) is 33.1. The molecule has 1 heterocycles. The number of non-ortho nitro benzene ring substituents is 1. The van der Waals surface area contributed by atoms with Gasteiger partial charge in [-0.1, -0.05) is 47.0 Å². The maximum absolute atomic E-state index is 12.7. The Morgan fingerprint density at radius 2 is 1.79 bits per heavy atom. The van der Waals surface area contributed by atoms with Gasteiger partial charge in [0.15, 0.2) is 0 Å². The zero-order chi connectivity index (χ0) is 31.4. The monoisotopic (exact) mass is 597 g/mol. The van der Waals surface area contributed by atoms with Gasteiger partial charge in [-0.05, 0) is 106 Å². The van der Waals surface area contributed by atoms with E-state index >= 15 is 0 Å². The molecule has 0 bridgehead atoms. The maximum Gasteiger partial charge on any atom is 0.306 e. The van der Waals surface area contributed by atoms with Crippen LogP contribution in [0.3, 0.4) is 0 Å². The van der Waals surface area contributed by atoms with Gasteiger partial charge in [-0.25, -0.2) is 0 Å². The third-order valence-electron chi connectivity index (χ3n) is 11.3. The van der Waals surface area contributed by atoms with Gasteiger partial charge in [0.1, 0.15) is 11.3 Å². The highest BCUT2D eigenvalue weighted by atomic mass is 16.6. The van der Waals surface area contributed by atoms with Crippen molar-refractivity contribution in [1.29, 1.82) is 0 Å². The smallest absolute Gasteiger partial charge is 0.306 e. The summed E-state index contributed by atoms with van der Waals surface area (Å²) in [5, 5.41) is 22.7. The molecule has 1 saturated heterocycles. The lowest BCUT2D eigenvalue weighted by atomic mass is 9.53. The van der Waals surface area contributed by atoms with Crippen LogP contribution in [0.25, 0.3) is 0 Å². The predicted octanol–water partition coefficient (Wildman–Crippen LogP) is 9.38. The lowest BCUT2D eigenvalue weighted by molar-refractivity contribution is -0.393. The number of fused-ring (bicyclic) bond motifs is 1. The van der Waals surface area contributed by atoms with Gasteiger partial charge in [-0.3, -0.25) is 30.0 Å². The van der Waals surface area contributed by atoms with Crippen LogP contribution in [0.1, 0.15) is 118 Å². The molecular formula is C34H51N3O6. The Hall–Kier alpha value is -2.84. The van der Waals surface area contributed by atoms with Crippen LogP contribution in [0.2, 0.25) is 0 Å². The van der Waals surface area contributed by atoms with Gasteiger partial charge in [-0.15, -0.1) is 0 Å². The number of nitro groups is 2. The molecule has 3 fully saturated rings. The number of carbonyl (C=O) groups is 1. The van der Waals surface area contributed by atoms with Crippen LogP contribution < -0.4 is 0 Å². The van der Waals surface area contributed by atoms with Gasteiger partial charge in [0.25, 0.3) is 5.69 Å². The summed E-state index contributed by atoms with van der Waals surface area (Å²) in [5.74, 6) is 3.18. The minimum atomic E-state index is -0.637. The molecule has 0 amide bonds. The van der Waals surface area contributed by atoms with Gasteiger partial charge in [0.05, 0.1) is 15.9 Å². The Balaban J connectivity index is 1.56. The quantitative estimate of drug-likeness (QED) is 0.102. The Morgan fingerprint density at radius 3 is 2.49 bits per heavy atom. The van der Waals surface area contributed by atoms with Gasteiger partial charge >= 0.3 is 11.7 Å². The molecule has 0 radical (unpaired) electrons. The summed E-state index contributed by atoms with van der Waals surface area (Å²) >= 11 is 0. The molecule has 2 saturated carbocycles. The molecule has 43 heavy (non-hydrogen) atoms.